The number of nitrogens with zero attached hydrogens (tertiary/aromatic N) is 1. The zero-order valence-electron chi connectivity index (χ0n) is 8.90. The largest absolute Gasteiger partial charge is 0.493 e. The number of halogens is 1. The van der Waals surface area contributed by atoms with E-state index in [0.29, 0.717) is 6.61 Å². The third-order valence-electron chi connectivity index (χ3n) is 2.16. The van der Waals surface area contributed by atoms with Gasteiger partial charge in [-0.25, -0.2) is 4.98 Å². The predicted octanol–water partition coefficient (Wildman–Crippen LogP) is 3.09. The summed E-state index contributed by atoms with van der Waals surface area (Å²) in [6.45, 7) is 2.50. The van der Waals surface area contributed by atoms with Gasteiger partial charge in [0.25, 0.3) is 0 Å². The van der Waals surface area contributed by atoms with Gasteiger partial charge in [0.2, 0.25) is 5.95 Å². The Bertz CT molecular complexity index is 468. The standard InChI is InChI=1S/C13H11FNO/c1-2-16-12-6-4-3-5-11(12)10-7-8-13(14)15-9-10/h3,5-9H,2H2,1H3. The van der Waals surface area contributed by atoms with Crippen LogP contribution in [0.25, 0.3) is 11.1 Å². The lowest BCUT2D eigenvalue weighted by Gasteiger charge is -2.09. The molecule has 1 aromatic carbocycles. The van der Waals surface area contributed by atoms with Gasteiger partial charge < -0.3 is 4.74 Å². The Kier molecular flexibility index (Phi) is 3.15. The third kappa shape index (κ3) is 2.19. The van der Waals surface area contributed by atoms with E-state index in [1.54, 1.807) is 18.2 Å². The SMILES string of the molecule is CCOc1c[c]ccc1-c1ccc(F)nc1. The minimum Gasteiger partial charge on any atom is -0.493 e. The topological polar surface area (TPSA) is 22.1 Å². The molecule has 0 fully saturated rings. The van der Waals surface area contributed by atoms with Gasteiger partial charge in [-0.3, -0.25) is 0 Å². The van der Waals surface area contributed by atoms with Crippen molar-refractivity contribution in [2.24, 2.45) is 0 Å². The Morgan fingerprint density at radius 3 is 2.94 bits per heavy atom. The zero-order chi connectivity index (χ0) is 11.4. The number of ether oxygens (including phenoxy) is 1. The number of hydrogen-bond acceptors (Lipinski definition) is 2. The van der Waals surface area contributed by atoms with E-state index in [2.05, 4.69) is 11.1 Å². The fourth-order valence-corrected chi connectivity index (χ4v) is 1.46. The molecule has 0 atom stereocenters. The smallest absolute Gasteiger partial charge is 0.212 e. The van der Waals surface area contributed by atoms with E-state index in [4.69, 9.17) is 4.74 Å². The van der Waals surface area contributed by atoms with Crippen molar-refractivity contribution < 1.29 is 9.13 Å². The summed E-state index contributed by atoms with van der Waals surface area (Å²) in [6, 6.07) is 11.4. The fraction of sp³-hybridized carbons (Fsp3) is 0.154. The fourth-order valence-electron chi connectivity index (χ4n) is 1.46. The highest BCUT2D eigenvalue weighted by Gasteiger charge is 2.05. The quantitative estimate of drug-likeness (QED) is 0.735. The number of benzene rings is 1. The summed E-state index contributed by atoms with van der Waals surface area (Å²) < 4.78 is 18.2. The van der Waals surface area contributed by atoms with E-state index < -0.39 is 5.95 Å². The van der Waals surface area contributed by atoms with Gasteiger partial charge in [-0.1, -0.05) is 6.07 Å². The van der Waals surface area contributed by atoms with Crippen molar-refractivity contribution in [1.29, 1.82) is 0 Å². The summed E-state index contributed by atoms with van der Waals surface area (Å²) in [4.78, 5) is 3.62. The first-order chi connectivity index (χ1) is 7.81. The molecule has 0 aliphatic rings. The van der Waals surface area contributed by atoms with Crippen LogP contribution in [-0.4, -0.2) is 11.6 Å². The highest BCUT2D eigenvalue weighted by atomic mass is 19.1. The Morgan fingerprint density at radius 2 is 2.25 bits per heavy atom. The molecule has 1 radical (unpaired) electrons. The van der Waals surface area contributed by atoms with E-state index in [1.165, 1.54) is 12.3 Å². The van der Waals surface area contributed by atoms with Crippen molar-refractivity contribution in [1.82, 2.24) is 4.98 Å². The van der Waals surface area contributed by atoms with Crippen LogP contribution >= 0.6 is 0 Å². The number of pyridine rings is 1. The number of hydrogen-bond donors (Lipinski definition) is 0. The maximum absolute atomic E-state index is 12.7. The third-order valence-corrected chi connectivity index (χ3v) is 2.16. The van der Waals surface area contributed by atoms with Gasteiger partial charge >= 0.3 is 0 Å². The first-order valence-corrected chi connectivity index (χ1v) is 5.06. The molecular formula is C13H11FNO. The van der Waals surface area contributed by atoms with Crippen LogP contribution in [0.4, 0.5) is 4.39 Å². The summed E-state index contributed by atoms with van der Waals surface area (Å²) in [5, 5.41) is 0. The van der Waals surface area contributed by atoms with E-state index in [0.717, 1.165) is 16.9 Å². The molecule has 3 heteroatoms. The molecule has 0 spiro atoms. The lowest BCUT2D eigenvalue weighted by molar-refractivity contribution is 0.341. The maximum Gasteiger partial charge on any atom is 0.212 e. The Labute approximate surface area is 93.7 Å². The summed E-state index contributed by atoms with van der Waals surface area (Å²) in [6.07, 6.45) is 1.49. The second-order valence-corrected chi connectivity index (χ2v) is 3.22. The molecule has 0 saturated heterocycles. The van der Waals surface area contributed by atoms with Gasteiger partial charge in [0.05, 0.1) is 6.61 Å². The lowest BCUT2D eigenvalue weighted by Crippen LogP contribution is -1.94. The first kappa shape index (κ1) is 10.6. The predicted molar refractivity (Wildman–Crippen MR) is 59.6 cm³/mol. The maximum atomic E-state index is 12.7. The summed E-state index contributed by atoms with van der Waals surface area (Å²) in [5.41, 5.74) is 1.73. The van der Waals surface area contributed by atoms with Crippen LogP contribution in [-0.2, 0) is 0 Å². The van der Waals surface area contributed by atoms with Crippen molar-refractivity contribution in [3.05, 3.63) is 48.5 Å². The zero-order valence-corrected chi connectivity index (χ0v) is 8.90. The minimum atomic E-state index is -0.482. The van der Waals surface area contributed by atoms with Crippen LogP contribution < -0.4 is 4.74 Å². The van der Waals surface area contributed by atoms with Gasteiger partial charge in [0, 0.05) is 17.3 Å². The Morgan fingerprint density at radius 1 is 1.38 bits per heavy atom. The molecule has 1 heterocycles. The molecular weight excluding hydrogens is 205 g/mol. The van der Waals surface area contributed by atoms with Crippen molar-refractivity contribution in [2.45, 2.75) is 6.92 Å². The molecule has 0 aliphatic heterocycles. The van der Waals surface area contributed by atoms with Gasteiger partial charge in [-0.05, 0) is 37.3 Å². The second kappa shape index (κ2) is 4.75. The van der Waals surface area contributed by atoms with Crippen molar-refractivity contribution in [2.75, 3.05) is 6.61 Å². The summed E-state index contributed by atoms with van der Waals surface area (Å²) in [5.74, 6) is 0.252. The molecule has 0 aliphatic carbocycles. The van der Waals surface area contributed by atoms with Gasteiger partial charge in [0.1, 0.15) is 5.75 Å². The van der Waals surface area contributed by atoms with Crippen LogP contribution in [0, 0.1) is 12.0 Å². The van der Waals surface area contributed by atoms with E-state index in [9.17, 15) is 4.39 Å². The number of aromatic nitrogens is 1. The molecule has 0 bridgehead atoms. The van der Waals surface area contributed by atoms with Crippen LogP contribution in [0.2, 0.25) is 0 Å². The highest BCUT2D eigenvalue weighted by molar-refractivity contribution is 5.69. The van der Waals surface area contributed by atoms with Gasteiger partial charge in [-0.2, -0.15) is 4.39 Å². The molecule has 16 heavy (non-hydrogen) atoms. The van der Waals surface area contributed by atoms with Crippen molar-refractivity contribution in [3.63, 3.8) is 0 Å². The molecule has 0 saturated carbocycles. The van der Waals surface area contributed by atoms with Crippen LogP contribution in [0.3, 0.4) is 0 Å². The van der Waals surface area contributed by atoms with Crippen LogP contribution in [0.1, 0.15) is 6.92 Å². The van der Waals surface area contributed by atoms with Gasteiger partial charge in [0.15, 0.2) is 0 Å². The van der Waals surface area contributed by atoms with Crippen molar-refractivity contribution >= 4 is 0 Å². The molecule has 2 rings (SSSR count). The average molecular weight is 216 g/mol. The molecule has 2 aromatic rings. The Hall–Kier alpha value is -1.90. The first-order valence-electron chi connectivity index (χ1n) is 5.06. The van der Waals surface area contributed by atoms with Gasteiger partial charge in [-0.15, -0.1) is 0 Å². The van der Waals surface area contributed by atoms with E-state index in [-0.39, 0.29) is 0 Å². The summed E-state index contributed by atoms with van der Waals surface area (Å²) in [7, 11) is 0. The summed E-state index contributed by atoms with van der Waals surface area (Å²) >= 11 is 0. The molecule has 81 valence electrons. The minimum absolute atomic E-state index is 0.482. The highest BCUT2D eigenvalue weighted by Crippen LogP contribution is 2.28. The molecule has 0 unspecified atom stereocenters. The average Bonchev–Trinajstić information content (AvgIpc) is 2.32. The molecule has 0 N–H and O–H groups in total. The van der Waals surface area contributed by atoms with E-state index >= 15 is 0 Å². The molecule has 1 aromatic heterocycles. The normalized spacial score (nSPS) is 10.1. The Balaban J connectivity index is 2.42. The van der Waals surface area contributed by atoms with Crippen LogP contribution in [0.15, 0.2) is 36.5 Å². The van der Waals surface area contributed by atoms with Crippen LogP contribution in [0.5, 0.6) is 5.75 Å². The van der Waals surface area contributed by atoms with E-state index in [1.807, 2.05) is 13.0 Å². The monoisotopic (exact) mass is 216 g/mol. The van der Waals surface area contributed by atoms with Crippen molar-refractivity contribution in [3.8, 4) is 16.9 Å². The molecule has 0 amide bonds. The lowest BCUT2D eigenvalue weighted by atomic mass is 10.1. The molecule has 2 nitrogen and oxygen atoms in total. The number of rotatable bonds is 3. The second-order valence-electron chi connectivity index (χ2n) is 3.22.